The van der Waals surface area contributed by atoms with Gasteiger partial charge in [0.05, 0.1) is 31.2 Å². The van der Waals surface area contributed by atoms with Crippen LogP contribution in [0, 0.1) is 5.92 Å². The molecule has 0 aromatic carbocycles. The number of nitrogens with zero attached hydrogens (tertiary/aromatic N) is 5. The summed E-state index contributed by atoms with van der Waals surface area (Å²) < 4.78 is 33.4. The molecule has 37 heavy (non-hydrogen) atoms. The third kappa shape index (κ3) is 4.30. The number of nitrogens with one attached hydrogen (secondary N) is 3. The van der Waals surface area contributed by atoms with Gasteiger partial charge >= 0.3 is 6.09 Å². The third-order valence-electron chi connectivity index (χ3n) is 7.81. The van der Waals surface area contributed by atoms with Crippen LogP contribution in [-0.4, -0.2) is 86.3 Å². The van der Waals surface area contributed by atoms with Gasteiger partial charge in [0.15, 0.2) is 18.1 Å². The van der Waals surface area contributed by atoms with Crippen LogP contribution >= 0.6 is 0 Å². The van der Waals surface area contributed by atoms with Gasteiger partial charge in [0.2, 0.25) is 5.95 Å². The average Bonchev–Trinajstić information content (AvgIpc) is 3.56. The van der Waals surface area contributed by atoms with Crippen molar-refractivity contribution >= 4 is 23.5 Å². The lowest BCUT2D eigenvalue weighted by Crippen LogP contribution is -2.68. The van der Waals surface area contributed by atoms with E-state index in [1.54, 1.807) is 12.3 Å². The number of alkyl halides is 1. The van der Waals surface area contributed by atoms with E-state index in [9.17, 15) is 4.79 Å². The number of hydrogen-bond donors (Lipinski definition) is 3. The summed E-state index contributed by atoms with van der Waals surface area (Å²) in [4.78, 5) is 23.7. The average molecular weight is 513 g/mol. The maximum atomic E-state index is 15.1. The zero-order chi connectivity index (χ0) is 25.0. The number of aromatic nitrogens is 5. The topological polar surface area (TPSA) is 131 Å². The summed E-state index contributed by atoms with van der Waals surface area (Å²) in [6.07, 6.45) is 2.64. The molecule has 2 bridgehead atoms. The van der Waals surface area contributed by atoms with Crippen LogP contribution in [0.25, 0.3) is 5.65 Å². The summed E-state index contributed by atoms with van der Waals surface area (Å²) in [5.41, 5.74) is 2.03. The molecule has 3 atom stereocenters. The van der Waals surface area contributed by atoms with Gasteiger partial charge in [-0.25, -0.2) is 19.2 Å². The zero-order valence-electron chi connectivity index (χ0n) is 20.2. The monoisotopic (exact) mass is 512 g/mol. The number of anilines is 2. The van der Waals surface area contributed by atoms with Crippen LogP contribution < -0.4 is 10.6 Å². The van der Waals surface area contributed by atoms with Gasteiger partial charge in [-0.3, -0.25) is 14.4 Å². The Kier molecular flexibility index (Phi) is 5.52. The Balaban J connectivity index is 0.996. The normalized spacial score (nSPS) is 31.1. The van der Waals surface area contributed by atoms with Crippen molar-refractivity contribution < 1.29 is 23.4 Å². The molecule has 5 aliphatic rings. The highest BCUT2D eigenvalue weighted by atomic mass is 19.1. The van der Waals surface area contributed by atoms with E-state index in [2.05, 4.69) is 30.7 Å². The first-order valence-electron chi connectivity index (χ1n) is 12.7. The minimum Gasteiger partial charge on any atom is -0.441 e. The number of halogens is 1. The molecule has 3 aromatic heterocycles. The largest absolute Gasteiger partial charge is 0.441 e. The van der Waals surface area contributed by atoms with E-state index in [-0.39, 0.29) is 12.1 Å². The third-order valence-corrected chi connectivity index (χ3v) is 7.81. The van der Waals surface area contributed by atoms with Crippen molar-refractivity contribution in [2.45, 2.75) is 49.7 Å². The van der Waals surface area contributed by atoms with E-state index in [1.165, 1.54) is 0 Å². The Hall–Kier alpha value is -3.29. The summed E-state index contributed by atoms with van der Waals surface area (Å²) in [5, 5.41) is 13.2. The number of alkyl carbamates (subject to hydrolysis) is 1. The first kappa shape index (κ1) is 22.9. The predicted octanol–water partition coefficient (Wildman–Crippen LogP) is 2.08. The highest BCUT2D eigenvalue weighted by Gasteiger charge is 2.58. The summed E-state index contributed by atoms with van der Waals surface area (Å²) in [6, 6.07) is 3.52. The Bertz CT molecular complexity index is 1290. The van der Waals surface area contributed by atoms with Gasteiger partial charge in [-0.05, 0) is 31.2 Å². The van der Waals surface area contributed by atoms with Gasteiger partial charge in [0.1, 0.15) is 11.8 Å². The first-order chi connectivity index (χ1) is 18.0. The summed E-state index contributed by atoms with van der Waals surface area (Å²) in [7, 11) is 0. The van der Waals surface area contributed by atoms with Crippen molar-refractivity contribution in [3.63, 3.8) is 0 Å². The molecule has 5 heterocycles. The van der Waals surface area contributed by atoms with Crippen LogP contribution in [0.3, 0.4) is 0 Å². The van der Waals surface area contributed by atoms with Crippen molar-refractivity contribution in [2.24, 2.45) is 5.92 Å². The van der Waals surface area contributed by atoms with Gasteiger partial charge < -0.3 is 24.8 Å². The molecular weight excluding hydrogens is 483 g/mol. The fourth-order valence-corrected chi connectivity index (χ4v) is 5.74. The number of carbonyl (C=O) groups excluding carboxylic acids is 1. The van der Waals surface area contributed by atoms with E-state index in [0.717, 1.165) is 69.4 Å². The maximum Gasteiger partial charge on any atom is 0.408 e. The zero-order valence-corrected chi connectivity index (χ0v) is 20.2. The molecule has 0 unspecified atom stereocenters. The minimum absolute atomic E-state index is 0.0154. The van der Waals surface area contributed by atoms with Crippen molar-refractivity contribution in [3.8, 4) is 0 Å². The second kappa shape index (κ2) is 8.92. The standard InChI is InChI=1S/C24H29FN8O4/c25-20-17(37-23(34)29-24-8-14(9-24)10-24)13-36-21(20)16-7-18(31-30-16)28-22-26-2-1-19-27-15(12-33(19)22)11-32-3-5-35-6-4-32/h1-2,7,12,14,17,20-21H,3-6,8-11,13H2,(H,29,34)(H2,26,28,30,31)/t14?,17-,20-,21-,24?/m1/s1. The smallest absolute Gasteiger partial charge is 0.408 e. The first-order valence-corrected chi connectivity index (χ1v) is 12.7. The van der Waals surface area contributed by atoms with Gasteiger partial charge in [0, 0.05) is 43.6 Å². The minimum atomic E-state index is -1.51. The number of morpholine rings is 1. The number of fused-ring (bicyclic) bond motifs is 1. The summed E-state index contributed by atoms with van der Waals surface area (Å²) >= 11 is 0. The number of H-pyrrole nitrogens is 1. The van der Waals surface area contributed by atoms with Crippen LogP contribution in [0.5, 0.6) is 0 Å². The molecule has 1 amide bonds. The number of imidazole rings is 1. The van der Waals surface area contributed by atoms with Crippen molar-refractivity contribution in [2.75, 3.05) is 38.2 Å². The van der Waals surface area contributed by atoms with Crippen LogP contribution in [0.15, 0.2) is 24.5 Å². The van der Waals surface area contributed by atoms with Gasteiger partial charge in [0.25, 0.3) is 0 Å². The van der Waals surface area contributed by atoms with Crippen LogP contribution in [0.2, 0.25) is 0 Å². The molecule has 0 spiro atoms. The van der Waals surface area contributed by atoms with Crippen LogP contribution in [0.1, 0.15) is 36.8 Å². The van der Waals surface area contributed by atoms with E-state index in [1.807, 2.05) is 16.7 Å². The quantitative estimate of drug-likeness (QED) is 0.435. The number of rotatable bonds is 7. The molecule has 0 radical (unpaired) electrons. The Labute approximate surface area is 211 Å². The molecule has 8 rings (SSSR count). The summed E-state index contributed by atoms with van der Waals surface area (Å²) in [6.45, 7) is 3.94. The molecule has 196 valence electrons. The Morgan fingerprint density at radius 2 is 2.14 bits per heavy atom. The van der Waals surface area contributed by atoms with Crippen molar-refractivity contribution in [3.05, 3.63) is 35.9 Å². The van der Waals surface area contributed by atoms with Gasteiger partial charge in [-0.2, -0.15) is 5.10 Å². The molecular formula is C24H29FN8O4. The second-order valence-electron chi connectivity index (χ2n) is 10.5. The molecule has 3 aromatic rings. The number of amides is 1. The number of carbonyl (C=O) groups is 1. The molecule has 3 aliphatic carbocycles. The molecule has 13 heteroatoms. The number of aromatic amines is 1. The highest BCUT2D eigenvalue weighted by Crippen LogP contribution is 2.57. The molecule has 2 aliphatic heterocycles. The summed E-state index contributed by atoms with van der Waals surface area (Å²) in [5.74, 6) is 1.72. The lowest BCUT2D eigenvalue weighted by molar-refractivity contribution is -0.0528. The van der Waals surface area contributed by atoms with E-state index >= 15 is 4.39 Å². The van der Waals surface area contributed by atoms with Crippen molar-refractivity contribution in [1.29, 1.82) is 0 Å². The lowest BCUT2D eigenvalue weighted by Gasteiger charge is -2.61. The number of ether oxygens (including phenoxy) is 3. The molecule has 3 saturated carbocycles. The molecule has 2 saturated heterocycles. The lowest BCUT2D eigenvalue weighted by atomic mass is 9.50. The molecule has 12 nitrogen and oxygen atoms in total. The van der Waals surface area contributed by atoms with E-state index in [4.69, 9.17) is 19.2 Å². The predicted molar refractivity (Wildman–Crippen MR) is 128 cm³/mol. The second-order valence-corrected chi connectivity index (χ2v) is 10.5. The molecule has 3 N–H and O–H groups in total. The fraction of sp³-hybridized carbons (Fsp3) is 0.583. The molecule has 5 fully saturated rings. The maximum absolute atomic E-state index is 15.1. The Morgan fingerprint density at radius 1 is 1.30 bits per heavy atom. The van der Waals surface area contributed by atoms with Crippen molar-refractivity contribution in [1.82, 2.24) is 34.8 Å². The fourth-order valence-electron chi connectivity index (χ4n) is 5.74. The van der Waals surface area contributed by atoms with E-state index < -0.39 is 24.5 Å². The van der Waals surface area contributed by atoms with Crippen LogP contribution in [-0.2, 0) is 20.8 Å². The van der Waals surface area contributed by atoms with Gasteiger partial charge in [-0.1, -0.05) is 0 Å². The van der Waals surface area contributed by atoms with Crippen LogP contribution in [0.4, 0.5) is 21.0 Å². The Morgan fingerprint density at radius 3 is 2.92 bits per heavy atom. The van der Waals surface area contributed by atoms with E-state index in [0.29, 0.717) is 17.5 Å². The van der Waals surface area contributed by atoms with Gasteiger partial charge in [-0.15, -0.1) is 0 Å². The number of hydrogen-bond acceptors (Lipinski definition) is 9. The highest BCUT2D eigenvalue weighted by molar-refractivity contribution is 5.69. The SMILES string of the molecule is O=C(NC12CC(C1)C2)O[C@@H]1CO[C@H](c2cc(Nc3nccc4nc(CN5CCOCC5)cn34)n[nH]2)[C@@H]1F.